The fourth-order valence-corrected chi connectivity index (χ4v) is 2.97. The number of hydrogen-bond acceptors (Lipinski definition) is 4. The van der Waals surface area contributed by atoms with E-state index in [1.807, 2.05) is 49.4 Å². The van der Waals surface area contributed by atoms with Gasteiger partial charge in [-0.05, 0) is 36.6 Å². The molecule has 0 bridgehead atoms. The van der Waals surface area contributed by atoms with Gasteiger partial charge in [-0.3, -0.25) is 9.59 Å². The van der Waals surface area contributed by atoms with Gasteiger partial charge in [0.2, 0.25) is 0 Å². The second-order valence-electron chi connectivity index (χ2n) is 5.65. The lowest BCUT2D eigenvalue weighted by Crippen LogP contribution is -2.31. The zero-order chi connectivity index (χ0) is 18.1. The molecule has 1 atom stereocenters. The van der Waals surface area contributed by atoms with Crippen LogP contribution in [-0.4, -0.2) is 24.2 Å². The third-order valence-corrected chi connectivity index (χ3v) is 4.72. The monoisotopic (exact) mass is 357 g/mol. The lowest BCUT2D eigenvalue weighted by molar-refractivity contribution is -0.146. The number of aryl methyl sites for hydroxylation is 1. The van der Waals surface area contributed by atoms with E-state index in [1.165, 1.54) is 17.3 Å². The topological polar surface area (TPSA) is 55.4 Å². The summed E-state index contributed by atoms with van der Waals surface area (Å²) in [5.74, 6) is -0.514. The number of amides is 1. The number of hydrogen-bond donors (Lipinski definition) is 1. The lowest BCUT2D eigenvalue weighted by atomic mass is 10.1. The summed E-state index contributed by atoms with van der Waals surface area (Å²) in [4.78, 5) is 24.7. The molecule has 0 unspecified atom stereocenters. The van der Waals surface area contributed by atoms with E-state index < -0.39 is 5.97 Å². The molecule has 0 saturated carbocycles. The van der Waals surface area contributed by atoms with E-state index in [9.17, 15) is 9.59 Å². The number of esters is 1. The van der Waals surface area contributed by atoms with Gasteiger partial charge in [-0.15, -0.1) is 11.8 Å². The number of thioether (sulfide) groups is 1. The van der Waals surface area contributed by atoms with Crippen LogP contribution in [0.3, 0.4) is 0 Å². The van der Waals surface area contributed by atoms with Gasteiger partial charge >= 0.3 is 5.97 Å². The largest absolute Gasteiger partial charge is 0.455 e. The third-order valence-electron chi connectivity index (χ3n) is 3.73. The fraction of sp³-hybridized carbons (Fsp3) is 0.300. The smallest absolute Gasteiger partial charge is 0.316 e. The molecule has 2 aromatic carbocycles. The molecule has 0 fully saturated rings. The average molecular weight is 357 g/mol. The highest BCUT2D eigenvalue weighted by Crippen LogP contribution is 2.17. The molecule has 2 aromatic rings. The molecule has 0 radical (unpaired) electrons. The summed E-state index contributed by atoms with van der Waals surface area (Å²) in [6.45, 7) is 3.75. The van der Waals surface area contributed by atoms with Gasteiger partial charge < -0.3 is 10.1 Å². The van der Waals surface area contributed by atoms with Gasteiger partial charge in [0.05, 0.1) is 11.8 Å². The molecule has 1 N–H and O–H groups in total. The van der Waals surface area contributed by atoms with E-state index in [0.717, 1.165) is 16.9 Å². The van der Waals surface area contributed by atoms with Gasteiger partial charge in [0.1, 0.15) is 0 Å². The van der Waals surface area contributed by atoms with Crippen molar-refractivity contribution >= 4 is 23.6 Å². The van der Waals surface area contributed by atoms with Crippen LogP contribution in [0.1, 0.15) is 31.0 Å². The first-order chi connectivity index (χ1) is 12.1. The van der Waals surface area contributed by atoms with Crippen molar-refractivity contribution < 1.29 is 14.3 Å². The Balaban J connectivity index is 1.71. The SMILES string of the molecule is CCc1ccc([C@@H](C)NC(=O)COC(=O)CSc2ccccc2)cc1. The van der Waals surface area contributed by atoms with Crippen molar-refractivity contribution in [1.29, 1.82) is 0 Å². The van der Waals surface area contributed by atoms with Crippen molar-refractivity contribution in [2.45, 2.75) is 31.2 Å². The second kappa shape index (κ2) is 9.89. The molecular weight excluding hydrogens is 334 g/mol. The van der Waals surface area contributed by atoms with Crippen molar-refractivity contribution in [3.05, 3.63) is 65.7 Å². The highest BCUT2D eigenvalue weighted by Gasteiger charge is 2.12. The maximum atomic E-state index is 11.9. The minimum Gasteiger partial charge on any atom is -0.455 e. The number of carbonyl (C=O) groups is 2. The first-order valence-corrected chi connectivity index (χ1v) is 9.28. The Kier molecular flexibility index (Phi) is 7.54. The van der Waals surface area contributed by atoms with Crippen molar-refractivity contribution in [3.8, 4) is 0 Å². The van der Waals surface area contributed by atoms with E-state index in [-0.39, 0.29) is 24.3 Å². The van der Waals surface area contributed by atoms with Crippen LogP contribution in [-0.2, 0) is 20.7 Å². The van der Waals surface area contributed by atoms with E-state index in [4.69, 9.17) is 4.74 Å². The van der Waals surface area contributed by atoms with E-state index in [2.05, 4.69) is 24.4 Å². The van der Waals surface area contributed by atoms with Gasteiger partial charge in [0.25, 0.3) is 5.91 Å². The molecule has 132 valence electrons. The summed E-state index contributed by atoms with van der Waals surface area (Å²) in [5.41, 5.74) is 2.28. The molecule has 0 aliphatic rings. The maximum Gasteiger partial charge on any atom is 0.316 e. The minimum absolute atomic E-state index is 0.129. The number of carbonyl (C=O) groups excluding carboxylic acids is 2. The highest BCUT2D eigenvalue weighted by atomic mass is 32.2. The molecule has 5 heteroatoms. The summed E-state index contributed by atoms with van der Waals surface area (Å²) in [6, 6.07) is 17.6. The summed E-state index contributed by atoms with van der Waals surface area (Å²) in [5, 5.41) is 2.84. The first-order valence-electron chi connectivity index (χ1n) is 8.30. The van der Waals surface area contributed by atoms with E-state index in [1.54, 1.807) is 0 Å². The van der Waals surface area contributed by atoms with Crippen molar-refractivity contribution in [2.75, 3.05) is 12.4 Å². The van der Waals surface area contributed by atoms with Crippen LogP contribution in [0, 0.1) is 0 Å². The molecular formula is C20H23NO3S. The van der Waals surface area contributed by atoms with Crippen LogP contribution < -0.4 is 5.32 Å². The Morgan fingerprint density at radius 1 is 1.08 bits per heavy atom. The molecule has 1 amide bonds. The fourth-order valence-electron chi connectivity index (χ4n) is 2.26. The molecule has 0 heterocycles. The van der Waals surface area contributed by atoms with Crippen LogP contribution in [0.4, 0.5) is 0 Å². The molecule has 25 heavy (non-hydrogen) atoms. The third kappa shape index (κ3) is 6.63. The van der Waals surface area contributed by atoms with Gasteiger partial charge in [-0.2, -0.15) is 0 Å². The molecule has 4 nitrogen and oxygen atoms in total. The van der Waals surface area contributed by atoms with Crippen LogP contribution in [0.15, 0.2) is 59.5 Å². The molecule has 0 spiro atoms. The Hall–Kier alpha value is -2.27. The molecule has 0 aliphatic carbocycles. The van der Waals surface area contributed by atoms with Crippen LogP contribution in [0.5, 0.6) is 0 Å². The lowest BCUT2D eigenvalue weighted by Gasteiger charge is -2.15. The zero-order valence-corrected chi connectivity index (χ0v) is 15.3. The maximum absolute atomic E-state index is 11.9. The van der Waals surface area contributed by atoms with Crippen LogP contribution in [0.25, 0.3) is 0 Å². The molecule has 2 rings (SSSR count). The molecule has 0 aromatic heterocycles. The highest BCUT2D eigenvalue weighted by molar-refractivity contribution is 8.00. The van der Waals surface area contributed by atoms with E-state index in [0.29, 0.717) is 0 Å². The minimum atomic E-state index is -0.399. The predicted molar refractivity (Wildman–Crippen MR) is 101 cm³/mol. The van der Waals surface area contributed by atoms with Gasteiger partial charge in [0, 0.05) is 4.90 Å². The Morgan fingerprint density at radius 3 is 2.40 bits per heavy atom. The Morgan fingerprint density at radius 2 is 1.76 bits per heavy atom. The summed E-state index contributed by atoms with van der Waals surface area (Å²) in [6.07, 6.45) is 0.984. The van der Waals surface area contributed by atoms with Gasteiger partial charge in [-0.1, -0.05) is 49.4 Å². The number of ether oxygens (including phenoxy) is 1. The first kappa shape index (κ1) is 19.1. The Labute approximate surface area is 153 Å². The van der Waals surface area contributed by atoms with E-state index >= 15 is 0 Å². The molecule has 0 saturated heterocycles. The Bertz CT molecular complexity index is 686. The van der Waals surface area contributed by atoms with Crippen molar-refractivity contribution in [2.24, 2.45) is 0 Å². The average Bonchev–Trinajstić information content (AvgIpc) is 2.65. The summed E-state index contributed by atoms with van der Waals surface area (Å²) < 4.78 is 5.03. The number of benzene rings is 2. The summed E-state index contributed by atoms with van der Waals surface area (Å²) >= 11 is 1.39. The zero-order valence-electron chi connectivity index (χ0n) is 14.5. The predicted octanol–water partition coefficient (Wildman–Crippen LogP) is 3.76. The standard InChI is InChI=1S/C20H23NO3S/c1-3-16-9-11-17(12-10-16)15(2)21-19(22)13-24-20(23)14-25-18-7-5-4-6-8-18/h4-12,15H,3,13-14H2,1-2H3,(H,21,22)/t15-/m1/s1. The second-order valence-corrected chi connectivity index (χ2v) is 6.70. The van der Waals surface area contributed by atoms with Gasteiger partial charge in [-0.25, -0.2) is 0 Å². The molecule has 0 aliphatic heterocycles. The number of rotatable bonds is 8. The van der Waals surface area contributed by atoms with Crippen LogP contribution in [0.2, 0.25) is 0 Å². The quantitative estimate of drug-likeness (QED) is 0.577. The normalized spacial score (nSPS) is 11.6. The number of nitrogens with one attached hydrogen (secondary N) is 1. The van der Waals surface area contributed by atoms with Crippen LogP contribution >= 0.6 is 11.8 Å². The van der Waals surface area contributed by atoms with Crippen molar-refractivity contribution in [1.82, 2.24) is 5.32 Å². The summed E-state index contributed by atoms with van der Waals surface area (Å²) in [7, 11) is 0. The van der Waals surface area contributed by atoms with Crippen molar-refractivity contribution in [3.63, 3.8) is 0 Å². The van der Waals surface area contributed by atoms with Gasteiger partial charge in [0.15, 0.2) is 6.61 Å².